The fraction of sp³-hybridized carbons (Fsp3) is 0.900. The lowest BCUT2D eigenvalue weighted by Crippen LogP contribution is -2.56. The minimum atomic E-state index is -0.156. The van der Waals surface area contributed by atoms with Gasteiger partial charge in [0, 0.05) is 32.0 Å². The zero-order chi connectivity index (χ0) is 19.8. The first kappa shape index (κ1) is 19.5. The predicted octanol–water partition coefficient (Wildman–Crippen LogP) is 0.802. The number of carbonyl (C=O) groups excluding carboxylic acids is 2. The number of hydrogen-bond acceptors (Lipinski definition) is 7. The molecule has 0 spiro atoms. The second-order valence-electron chi connectivity index (χ2n) is 9.09. The number of rotatable bonds is 4. The van der Waals surface area contributed by atoms with Gasteiger partial charge in [-0.3, -0.25) is 14.9 Å². The lowest BCUT2D eigenvalue weighted by Gasteiger charge is -2.42. The SMILES string of the molecule is O=C(OC1CCC1)N1CCC(C2NOC(C3CCN(C4COC4)C(=O)C3)N2)CC1. The lowest BCUT2D eigenvalue weighted by molar-refractivity contribution is -0.152. The molecule has 2 N–H and O–H groups in total. The number of hydroxylamine groups is 1. The Labute approximate surface area is 171 Å². The predicted molar refractivity (Wildman–Crippen MR) is 102 cm³/mol. The van der Waals surface area contributed by atoms with E-state index < -0.39 is 0 Å². The van der Waals surface area contributed by atoms with Crippen LogP contribution in [0.2, 0.25) is 0 Å². The molecule has 162 valence electrons. The minimum Gasteiger partial charge on any atom is -0.446 e. The first-order valence-corrected chi connectivity index (χ1v) is 11.2. The second-order valence-corrected chi connectivity index (χ2v) is 9.09. The number of likely N-dealkylation sites (tertiary alicyclic amines) is 2. The van der Waals surface area contributed by atoms with Gasteiger partial charge in [-0.15, -0.1) is 0 Å². The van der Waals surface area contributed by atoms with E-state index in [1.54, 1.807) is 0 Å². The molecule has 5 rings (SSSR count). The standard InChI is InChI=1S/C20H32N4O5/c25-17-10-14(6-9-24(17)15-11-27-12-15)19-21-18(22-29-19)13-4-7-23(8-5-13)20(26)28-16-2-1-3-16/h13-16,18-19,21-22H,1-12H2. The summed E-state index contributed by atoms with van der Waals surface area (Å²) in [5.41, 5.74) is 3.15. The maximum atomic E-state index is 12.5. The molecule has 0 bridgehead atoms. The third kappa shape index (κ3) is 4.10. The van der Waals surface area contributed by atoms with E-state index >= 15 is 0 Å². The molecule has 5 aliphatic rings. The summed E-state index contributed by atoms with van der Waals surface area (Å²) in [5.74, 6) is 0.798. The number of ether oxygens (including phenoxy) is 2. The second kappa shape index (κ2) is 8.37. The van der Waals surface area contributed by atoms with Crippen molar-refractivity contribution in [2.24, 2.45) is 11.8 Å². The van der Waals surface area contributed by atoms with Crippen molar-refractivity contribution in [3.8, 4) is 0 Å². The van der Waals surface area contributed by atoms with Gasteiger partial charge in [0.1, 0.15) is 12.3 Å². The molecule has 9 nitrogen and oxygen atoms in total. The van der Waals surface area contributed by atoms with Crippen molar-refractivity contribution >= 4 is 12.0 Å². The van der Waals surface area contributed by atoms with E-state index in [1.165, 1.54) is 6.42 Å². The molecule has 5 fully saturated rings. The summed E-state index contributed by atoms with van der Waals surface area (Å²) in [7, 11) is 0. The highest BCUT2D eigenvalue weighted by Crippen LogP contribution is 2.30. The van der Waals surface area contributed by atoms with Gasteiger partial charge in [-0.2, -0.15) is 5.48 Å². The molecule has 0 aromatic heterocycles. The third-order valence-corrected chi connectivity index (χ3v) is 7.24. The maximum absolute atomic E-state index is 12.5. The van der Waals surface area contributed by atoms with Crippen molar-refractivity contribution in [1.82, 2.24) is 20.6 Å². The molecular weight excluding hydrogens is 376 g/mol. The highest BCUT2D eigenvalue weighted by molar-refractivity contribution is 5.77. The van der Waals surface area contributed by atoms with E-state index in [0.29, 0.717) is 25.6 Å². The molecular formula is C20H32N4O5. The van der Waals surface area contributed by atoms with Crippen LogP contribution in [0.4, 0.5) is 4.79 Å². The fourth-order valence-corrected chi connectivity index (χ4v) is 4.90. The number of piperidine rings is 2. The van der Waals surface area contributed by atoms with E-state index in [1.807, 2.05) is 9.80 Å². The summed E-state index contributed by atoms with van der Waals surface area (Å²) in [6.45, 7) is 3.57. The van der Waals surface area contributed by atoms with Gasteiger partial charge >= 0.3 is 6.09 Å². The van der Waals surface area contributed by atoms with Gasteiger partial charge in [-0.25, -0.2) is 4.79 Å². The van der Waals surface area contributed by atoms with Gasteiger partial charge in [0.05, 0.1) is 25.4 Å². The van der Waals surface area contributed by atoms with E-state index in [0.717, 1.165) is 51.7 Å². The Bertz CT molecular complexity index is 618. The van der Waals surface area contributed by atoms with Crippen LogP contribution in [0.5, 0.6) is 0 Å². The van der Waals surface area contributed by atoms with Crippen molar-refractivity contribution in [2.45, 2.75) is 69.5 Å². The smallest absolute Gasteiger partial charge is 0.410 e. The Balaban J connectivity index is 1.06. The van der Waals surface area contributed by atoms with Crippen molar-refractivity contribution in [2.75, 3.05) is 32.8 Å². The van der Waals surface area contributed by atoms with Crippen LogP contribution in [-0.4, -0.2) is 79.2 Å². The van der Waals surface area contributed by atoms with Gasteiger partial charge in [0.25, 0.3) is 0 Å². The van der Waals surface area contributed by atoms with Crippen molar-refractivity contribution in [1.29, 1.82) is 0 Å². The minimum absolute atomic E-state index is 0.0676. The summed E-state index contributed by atoms with van der Waals surface area (Å²) in [6, 6.07) is 0.271. The summed E-state index contributed by atoms with van der Waals surface area (Å²) in [5, 5.41) is 3.55. The zero-order valence-corrected chi connectivity index (χ0v) is 16.9. The molecule has 1 saturated carbocycles. The Morgan fingerprint density at radius 2 is 1.79 bits per heavy atom. The molecule has 9 heteroatoms. The van der Waals surface area contributed by atoms with Crippen molar-refractivity contribution < 1.29 is 23.9 Å². The van der Waals surface area contributed by atoms with E-state index in [2.05, 4.69) is 10.8 Å². The van der Waals surface area contributed by atoms with Crippen LogP contribution in [0.3, 0.4) is 0 Å². The lowest BCUT2D eigenvalue weighted by atomic mass is 9.91. The van der Waals surface area contributed by atoms with Crippen LogP contribution in [0.25, 0.3) is 0 Å². The molecule has 2 amide bonds. The van der Waals surface area contributed by atoms with Gasteiger partial charge < -0.3 is 19.3 Å². The Morgan fingerprint density at radius 1 is 1.03 bits per heavy atom. The molecule has 0 aromatic carbocycles. The number of nitrogens with zero attached hydrogens (tertiary/aromatic N) is 2. The average molecular weight is 408 g/mol. The van der Waals surface area contributed by atoms with Crippen LogP contribution >= 0.6 is 0 Å². The normalized spacial score (nSPS) is 34.8. The molecule has 29 heavy (non-hydrogen) atoms. The van der Waals surface area contributed by atoms with E-state index in [4.69, 9.17) is 14.3 Å². The summed E-state index contributed by atoms with van der Waals surface area (Å²) < 4.78 is 10.7. The molecule has 4 aliphatic heterocycles. The average Bonchev–Trinajstić information content (AvgIpc) is 3.15. The van der Waals surface area contributed by atoms with Crippen LogP contribution in [0, 0.1) is 11.8 Å². The highest BCUT2D eigenvalue weighted by Gasteiger charge is 2.42. The summed E-state index contributed by atoms with van der Waals surface area (Å²) in [6.07, 6.45) is 6.39. The van der Waals surface area contributed by atoms with Gasteiger partial charge in [-0.05, 0) is 44.4 Å². The number of hydrogen-bond donors (Lipinski definition) is 2. The van der Waals surface area contributed by atoms with Gasteiger partial charge in [0.15, 0.2) is 0 Å². The maximum Gasteiger partial charge on any atom is 0.410 e. The molecule has 0 radical (unpaired) electrons. The largest absolute Gasteiger partial charge is 0.446 e. The van der Waals surface area contributed by atoms with E-state index in [-0.39, 0.29) is 42.5 Å². The molecule has 3 atom stereocenters. The molecule has 4 saturated heterocycles. The first-order chi connectivity index (χ1) is 14.2. The monoisotopic (exact) mass is 408 g/mol. The van der Waals surface area contributed by atoms with Crippen LogP contribution in [0.1, 0.15) is 44.9 Å². The Hall–Kier alpha value is -1.42. The molecule has 1 aliphatic carbocycles. The zero-order valence-electron chi connectivity index (χ0n) is 16.9. The highest BCUT2D eigenvalue weighted by atomic mass is 16.7. The fourth-order valence-electron chi connectivity index (χ4n) is 4.90. The molecule has 3 unspecified atom stereocenters. The van der Waals surface area contributed by atoms with Crippen LogP contribution in [-0.2, 0) is 19.1 Å². The summed E-state index contributed by atoms with van der Waals surface area (Å²) in [4.78, 5) is 34.4. The van der Waals surface area contributed by atoms with Crippen molar-refractivity contribution in [3.05, 3.63) is 0 Å². The van der Waals surface area contributed by atoms with Crippen molar-refractivity contribution in [3.63, 3.8) is 0 Å². The van der Waals surface area contributed by atoms with E-state index in [9.17, 15) is 9.59 Å². The number of amides is 2. The van der Waals surface area contributed by atoms with Gasteiger partial charge in [0.2, 0.25) is 5.91 Å². The third-order valence-electron chi connectivity index (χ3n) is 7.24. The Morgan fingerprint density at radius 3 is 2.41 bits per heavy atom. The number of carbonyl (C=O) groups is 2. The summed E-state index contributed by atoms with van der Waals surface area (Å²) >= 11 is 0. The Kier molecular flexibility index (Phi) is 5.64. The molecule has 4 heterocycles. The quantitative estimate of drug-likeness (QED) is 0.711. The molecule has 0 aromatic rings. The van der Waals surface area contributed by atoms with Crippen LogP contribution < -0.4 is 10.8 Å². The number of nitrogens with one attached hydrogen (secondary N) is 2. The van der Waals surface area contributed by atoms with Crippen LogP contribution in [0.15, 0.2) is 0 Å². The van der Waals surface area contributed by atoms with Gasteiger partial charge in [-0.1, -0.05) is 0 Å². The first-order valence-electron chi connectivity index (χ1n) is 11.2. The topological polar surface area (TPSA) is 92.4 Å².